The van der Waals surface area contributed by atoms with E-state index in [0.29, 0.717) is 6.54 Å². The fourth-order valence-corrected chi connectivity index (χ4v) is 0.874. The number of hydrogen-bond acceptors (Lipinski definition) is 0. The molecular formula is C11H21Cl2HfN-2. The largest absolute Gasteiger partial charge is 0.677 e. The number of rotatable bonds is 3. The van der Waals surface area contributed by atoms with E-state index in [1.165, 1.54) is 18.4 Å². The molecule has 0 aromatic carbocycles. The van der Waals surface area contributed by atoms with E-state index in [1.54, 1.807) is 0 Å². The van der Waals surface area contributed by atoms with Gasteiger partial charge in [-0.1, -0.05) is 26.2 Å². The Hall–Kier alpha value is 0.890. The molecule has 0 saturated heterocycles. The average Bonchev–Trinajstić information content (AvgIpc) is 2.53. The molecule has 0 heterocycles. The van der Waals surface area contributed by atoms with Gasteiger partial charge in [0.05, 0.1) is 0 Å². The Bertz CT molecular complexity index is 152. The molecule has 0 aromatic heterocycles. The Labute approximate surface area is 126 Å². The van der Waals surface area contributed by atoms with Gasteiger partial charge in [0.1, 0.15) is 0 Å². The second kappa shape index (κ2) is 20.3. The second-order valence-corrected chi connectivity index (χ2v) is 2.96. The van der Waals surface area contributed by atoms with Crippen molar-refractivity contribution in [3.63, 3.8) is 0 Å². The van der Waals surface area contributed by atoms with E-state index in [2.05, 4.69) is 26.0 Å². The Morgan fingerprint density at radius 2 is 1.93 bits per heavy atom. The summed E-state index contributed by atoms with van der Waals surface area (Å²) in [5.41, 5.74) is 8.05. The van der Waals surface area contributed by atoms with Crippen LogP contribution in [-0.2, 0) is 25.8 Å². The van der Waals surface area contributed by atoms with Gasteiger partial charge >= 0.3 is 0 Å². The summed E-state index contributed by atoms with van der Waals surface area (Å²) in [4.78, 5) is 0. The molecule has 0 radical (unpaired) electrons. The first-order valence-corrected chi connectivity index (χ1v) is 4.69. The Morgan fingerprint density at radius 1 is 1.33 bits per heavy atom. The molecule has 0 bridgehead atoms. The first kappa shape index (κ1) is 24.9. The second-order valence-electron chi connectivity index (χ2n) is 2.96. The zero-order valence-corrected chi connectivity index (χ0v) is 14.7. The maximum atomic E-state index is 6.71. The minimum Gasteiger partial charge on any atom is -0.677 e. The molecule has 0 saturated carbocycles. The van der Waals surface area contributed by atoms with Gasteiger partial charge in [-0.2, -0.15) is 12.6 Å². The normalized spacial score (nSPS) is 11.0. The van der Waals surface area contributed by atoms with Gasteiger partial charge in [0, 0.05) is 25.8 Å². The van der Waals surface area contributed by atoms with E-state index in [1.807, 2.05) is 6.08 Å². The van der Waals surface area contributed by atoms with E-state index in [9.17, 15) is 0 Å². The third kappa shape index (κ3) is 20.9. The van der Waals surface area contributed by atoms with Crippen molar-refractivity contribution >= 4 is 24.8 Å². The van der Waals surface area contributed by atoms with Crippen molar-refractivity contribution in [2.45, 2.75) is 39.5 Å². The third-order valence-corrected chi connectivity index (χ3v) is 1.65. The van der Waals surface area contributed by atoms with E-state index < -0.39 is 0 Å². The predicted molar refractivity (Wildman–Crippen MR) is 69.4 cm³/mol. The van der Waals surface area contributed by atoms with E-state index in [4.69, 9.17) is 5.73 Å². The van der Waals surface area contributed by atoms with Crippen molar-refractivity contribution in [3.05, 3.63) is 29.5 Å². The molecular weight excluding hydrogens is 396 g/mol. The summed E-state index contributed by atoms with van der Waals surface area (Å²) in [7, 11) is 0. The summed E-state index contributed by atoms with van der Waals surface area (Å²) in [6.07, 6.45) is 11.8. The molecule has 15 heavy (non-hydrogen) atoms. The predicted octanol–water partition coefficient (Wildman–Crippen LogP) is 4.77. The zero-order chi connectivity index (χ0) is 9.23. The molecule has 1 nitrogen and oxygen atoms in total. The summed E-state index contributed by atoms with van der Waals surface area (Å²) in [6, 6.07) is 0. The maximum absolute atomic E-state index is 6.71. The van der Waals surface area contributed by atoms with Crippen LogP contribution in [0, 0.1) is 6.08 Å². The van der Waals surface area contributed by atoms with Crippen LogP contribution >= 0.6 is 24.8 Å². The van der Waals surface area contributed by atoms with Crippen LogP contribution in [0.4, 0.5) is 0 Å². The van der Waals surface area contributed by atoms with Crippen LogP contribution in [-0.4, -0.2) is 6.54 Å². The van der Waals surface area contributed by atoms with Gasteiger partial charge in [-0.25, -0.2) is 11.6 Å². The van der Waals surface area contributed by atoms with Crippen molar-refractivity contribution in [3.8, 4) is 0 Å². The molecule has 0 unspecified atom stereocenters. The van der Waals surface area contributed by atoms with Crippen molar-refractivity contribution in [2.75, 3.05) is 6.54 Å². The molecule has 90 valence electrons. The summed E-state index contributed by atoms with van der Waals surface area (Å²) < 4.78 is 0. The Balaban J connectivity index is -0.0000000672. The molecule has 1 N–H and O–H groups in total. The number of nitrogens with one attached hydrogen (secondary N) is 1. The van der Waals surface area contributed by atoms with Gasteiger partial charge in [0.25, 0.3) is 0 Å². The molecule has 0 spiro atoms. The molecule has 0 aliphatic heterocycles. The monoisotopic (exact) mass is 417 g/mol. The van der Waals surface area contributed by atoms with Gasteiger partial charge in [-0.05, 0) is 0 Å². The van der Waals surface area contributed by atoms with Crippen LogP contribution in [0.15, 0.2) is 17.7 Å². The van der Waals surface area contributed by atoms with Crippen LogP contribution in [0.5, 0.6) is 0 Å². The van der Waals surface area contributed by atoms with Gasteiger partial charge in [0.2, 0.25) is 0 Å². The van der Waals surface area contributed by atoms with Gasteiger partial charge < -0.3 is 5.73 Å². The summed E-state index contributed by atoms with van der Waals surface area (Å²) in [5, 5.41) is 0. The summed E-state index contributed by atoms with van der Waals surface area (Å²) >= 11 is 0. The first-order chi connectivity index (χ1) is 5.81. The van der Waals surface area contributed by atoms with Crippen LogP contribution in [0.25, 0.3) is 5.73 Å². The number of hydrogen-bond donors (Lipinski definition) is 0. The van der Waals surface area contributed by atoms with Crippen molar-refractivity contribution in [1.29, 1.82) is 0 Å². The molecule has 0 aromatic rings. The van der Waals surface area contributed by atoms with Crippen LogP contribution in [0.1, 0.15) is 39.5 Å². The van der Waals surface area contributed by atoms with E-state index in [-0.39, 0.29) is 50.7 Å². The van der Waals surface area contributed by atoms with E-state index in [0.717, 1.165) is 12.8 Å². The average molecular weight is 417 g/mol. The smallest absolute Gasteiger partial charge is 0 e. The maximum Gasteiger partial charge on any atom is 0 e. The first-order valence-electron chi connectivity index (χ1n) is 4.69. The summed E-state index contributed by atoms with van der Waals surface area (Å²) in [5.74, 6) is 0. The molecule has 4 heteroatoms. The van der Waals surface area contributed by atoms with Crippen molar-refractivity contribution in [1.82, 2.24) is 0 Å². The molecule has 0 atom stereocenters. The van der Waals surface area contributed by atoms with Crippen LogP contribution < -0.4 is 0 Å². The molecule has 1 aliphatic carbocycles. The van der Waals surface area contributed by atoms with E-state index >= 15 is 0 Å². The van der Waals surface area contributed by atoms with Gasteiger partial charge in [-0.15, -0.1) is 38.2 Å². The fraction of sp³-hybridized carbons (Fsp3) is 0.636. The molecule has 1 rings (SSSR count). The third-order valence-electron chi connectivity index (χ3n) is 1.65. The van der Waals surface area contributed by atoms with Gasteiger partial charge in [-0.3, -0.25) is 6.08 Å². The Morgan fingerprint density at radius 3 is 2.07 bits per heavy atom. The molecule has 1 aliphatic rings. The minimum absolute atomic E-state index is 0. The molecule has 0 fully saturated rings. The minimum atomic E-state index is 0. The quantitative estimate of drug-likeness (QED) is 0.360. The zero-order valence-electron chi connectivity index (χ0n) is 9.51. The molecule has 0 amide bonds. The SMILES string of the molecule is CC1=CC[C-]=C1.CCCCC[NH-].Cl.Cl.[Hf]. The summed E-state index contributed by atoms with van der Waals surface area (Å²) in [6.45, 7) is 4.84. The number of halogens is 2. The van der Waals surface area contributed by atoms with Crippen LogP contribution in [0.2, 0.25) is 0 Å². The van der Waals surface area contributed by atoms with Crippen molar-refractivity contribution in [2.24, 2.45) is 0 Å². The fourth-order valence-electron chi connectivity index (χ4n) is 0.874. The number of allylic oxidation sites excluding steroid dienone is 4. The number of unbranched alkanes of at least 4 members (excludes halogenated alkanes) is 2. The van der Waals surface area contributed by atoms with Crippen LogP contribution in [0.3, 0.4) is 0 Å². The standard InChI is InChI=1S/C6H7.C5H12N.2ClH.Hf/c1-6-4-2-3-5-6;1-2-3-4-5-6;;;/h4-5H,2H2,1H3;6H,2-5H2,1H3;2*1H;/q2*-1;;;. The van der Waals surface area contributed by atoms with Gasteiger partial charge in [0.15, 0.2) is 0 Å². The Kier molecular flexibility index (Phi) is 33.8. The topological polar surface area (TPSA) is 23.8 Å². The van der Waals surface area contributed by atoms with Crippen molar-refractivity contribution < 1.29 is 25.8 Å².